The quantitative estimate of drug-likeness (QED) is 0.298. The van der Waals surface area contributed by atoms with Crippen LogP contribution in [-0.2, 0) is 14.3 Å². The molecule has 0 aliphatic carbocycles. The minimum absolute atomic E-state index is 0.240. The molecule has 9 heteroatoms. The SMILES string of the molecule is C=C1C(=O)N(c2cc(OC)c(OC)c(OC)c2)[C@H]1c1ccc(OC)c(OCC(=O)OC(C)(C)C)c1. The molecule has 2 aromatic rings. The van der Waals surface area contributed by atoms with Gasteiger partial charge in [0.05, 0.1) is 40.2 Å². The minimum Gasteiger partial charge on any atom is -0.493 e. The summed E-state index contributed by atoms with van der Waals surface area (Å²) < 4.78 is 32.7. The van der Waals surface area contributed by atoms with E-state index in [-0.39, 0.29) is 12.5 Å². The molecule has 0 N–H and O–H groups in total. The van der Waals surface area contributed by atoms with Gasteiger partial charge in [0.15, 0.2) is 29.6 Å². The third-order valence-electron chi connectivity index (χ3n) is 5.28. The Hall–Kier alpha value is -3.88. The van der Waals surface area contributed by atoms with Crippen LogP contribution in [0.2, 0.25) is 0 Å². The van der Waals surface area contributed by atoms with Crippen LogP contribution in [-0.4, -0.2) is 52.5 Å². The third-order valence-corrected chi connectivity index (χ3v) is 5.28. The summed E-state index contributed by atoms with van der Waals surface area (Å²) in [5.41, 5.74) is 1.05. The number of amides is 1. The fourth-order valence-electron chi connectivity index (χ4n) is 3.79. The fourth-order valence-corrected chi connectivity index (χ4v) is 3.79. The topological polar surface area (TPSA) is 92.8 Å². The summed E-state index contributed by atoms with van der Waals surface area (Å²) in [5.74, 6) is 1.29. The molecule has 0 aromatic heterocycles. The minimum atomic E-state index is -0.628. The Morgan fingerprint density at radius 2 is 1.51 bits per heavy atom. The van der Waals surface area contributed by atoms with Gasteiger partial charge in [0.2, 0.25) is 5.75 Å². The molecule has 0 radical (unpaired) electrons. The molecule has 1 saturated heterocycles. The van der Waals surface area contributed by atoms with Gasteiger partial charge in [-0.25, -0.2) is 4.79 Å². The Morgan fingerprint density at radius 1 is 0.914 bits per heavy atom. The maximum absolute atomic E-state index is 12.9. The Kier molecular flexibility index (Phi) is 7.48. The van der Waals surface area contributed by atoms with Crippen LogP contribution in [0.5, 0.6) is 28.7 Å². The summed E-state index contributed by atoms with van der Waals surface area (Å²) in [7, 11) is 6.03. The summed E-state index contributed by atoms with van der Waals surface area (Å²) >= 11 is 0. The van der Waals surface area contributed by atoms with Crippen LogP contribution >= 0.6 is 0 Å². The van der Waals surface area contributed by atoms with Gasteiger partial charge < -0.3 is 28.4 Å². The number of hydrogen-bond donors (Lipinski definition) is 0. The largest absolute Gasteiger partial charge is 0.493 e. The number of benzene rings is 2. The molecule has 0 saturated carbocycles. The van der Waals surface area contributed by atoms with Crippen LogP contribution in [0.4, 0.5) is 5.69 Å². The maximum atomic E-state index is 12.9. The maximum Gasteiger partial charge on any atom is 0.344 e. The molecule has 1 atom stereocenters. The van der Waals surface area contributed by atoms with E-state index in [0.717, 1.165) is 5.56 Å². The monoisotopic (exact) mass is 485 g/mol. The zero-order chi connectivity index (χ0) is 25.9. The highest BCUT2D eigenvalue weighted by molar-refractivity contribution is 6.15. The second-order valence-corrected chi connectivity index (χ2v) is 8.77. The van der Waals surface area contributed by atoms with Gasteiger partial charge in [-0.1, -0.05) is 12.6 Å². The van der Waals surface area contributed by atoms with Crippen molar-refractivity contribution in [2.75, 3.05) is 39.9 Å². The number of esters is 1. The van der Waals surface area contributed by atoms with Gasteiger partial charge in [-0.15, -0.1) is 0 Å². The first-order valence-corrected chi connectivity index (χ1v) is 10.9. The van der Waals surface area contributed by atoms with E-state index >= 15 is 0 Å². The molecule has 3 rings (SSSR count). The Bertz CT molecular complexity index is 1110. The molecule has 1 amide bonds. The number of methoxy groups -OCH3 is 4. The number of ether oxygens (including phenoxy) is 6. The second kappa shape index (κ2) is 10.2. The van der Waals surface area contributed by atoms with E-state index in [2.05, 4.69) is 6.58 Å². The molecule has 0 spiro atoms. The van der Waals surface area contributed by atoms with Gasteiger partial charge in [0, 0.05) is 17.7 Å². The van der Waals surface area contributed by atoms with Gasteiger partial charge in [-0.2, -0.15) is 0 Å². The smallest absolute Gasteiger partial charge is 0.344 e. The van der Waals surface area contributed by atoms with Crippen molar-refractivity contribution >= 4 is 17.6 Å². The predicted octanol–water partition coefficient (Wildman–Crippen LogP) is 4.09. The van der Waals surface area contributed by atoms with E-state index in [1.807, 2.05) is 6.07 Å². The molecule has 1 aliphatic heterocycles. The lowest BCUT2D eigenvalue weighted by atomic mass is 9.88. The van der Waals surface area contributed by atoms with Gasteiger partial charge in [0.1, 0.15) is 5.60 Å². The number of β-lactam (4-membered cyclic amide) rings is 1. The zero-order valence-corrected chi connectivity index (χ0v) is 21.1. The van der Waals surface area contributed by atoms with Crippen molar-refractivity contribution in [1.82, 2.24) is 0 Å². The van der Waals surface area contributed by atoms with Crippen molar-refractivity contribution in [2.45, 2.75) is 32.4 Å². The van der Waals surface area contributed by atoms with Crippen LogP contribution in [0.25, 0.3) is 0 Å². The molecule has 9 nitrogen and oxygen atoms in total. The molecule has 1 heterocycles. The molecular formula is C26H31NO8. The molecule has 1 fully saturated rings. The van der Waals surface area contributed by atoms with Crippen LogP contribution in [0.15, 0.2) is 42.5 Å². The molecule has 35 heavy (non-hydrogen) atoms. The van der Waals surface area contributed by atoms with Crippen LogP contribution < -0.4 is 28.6 Å². The second-order valence-electron chi connectivity index (χ2n) is 8.77. The van der Waals surface area contributed by atoms with Gasteiger partial charge in [-0.05, 0) is 38.5 Å². The first-order chi connectivity index (χ1) is 16.5. The van der Waals surface area contributed by atoms with Crippen molar-refractivity contribution in [3.8, 4) is 28.7 Å². The summed E-state index contributed by atoms with van der Waals surface area (Å²) in [5, 5.41) is 0. The molecule has 0 bridgehead atoms. The zero-order valence-electron chi connectivity index (χ0n) is 21.1. The Balaban J connectivity index is 1.94. The van der Waals surface area contributed by atoms with Crippen LogP contribution in [0, 0.1) is 0 Å². The van der Waals surface area contributed by atoms with Crippen LogP contribution in [0.3, 0.4) is 0 Å². The van der Waals surface area contributed by atoms with Crippen molar-refractivity contribution < 1.29 is 38.0 Å². The van der Waals surface area contributed by atoms with E-state index in [9.17, 15) is 9.59 Å². The van der Waals surface area contributed by atoms with Crippen molar-refractivity contribution in [2.24, 2.45) is 0 Å². The molecule has 188 valence electrons. The summed E-state index contributed by atoms with van der Waals surface area (Å²) in [6, 6.07) is 8.16. The summed E-state index contributed by atoms with van der Waals surface area (Å²) in [6.45, 7) is 9.01. The molecule has 2 aromatic carbocycles. The van der Waals surface area contributed by atoms with E-state index in [4.69, 9.17) is 28.4 Å². The lowest BCUT2D eigenvalue weighted by Crippen LogP contribution is -2.48. The average Bonchev–Trinajstić information content (AvgIpc) is 2.83. The normalized spacial score (nSPS) is 15.3. The lowest BCUT2D eigenvalue weighted by molar-refractivity contribution is -0.157. The van der Waals surface area contributed by atoms with E-state index in [0.29, 0.717) is 40.0 Å². The first kappa shape index (κ1) is 25.7. The Labute approximate surface area is 205 Å². The number of anilines is 1. The fraction of sp³-hybridized carbons (Fsp3) is 0.385. The van der Waals surface area contributed by atoms with Crippen LogP contribution in [0.1, 0.15) is 32.4 Å². The Morgan fingerprint density at radius 3 is 2.03 bits per heavy atom. The number of rotatable bonds is 9. The van der Waals surface area contributed by atoms with Crippen molar-refractivity contribution in [1.29, 1.82) is 0 Å². The molecule has 1 aliphatic rings. The predicted molar refractivity (Wildman–Crippen MR) is 130 cm³/mol. The van der Waals surface area contributed by atoms with Gasteiger partial charge in [-0.3, -0.25) is 9.69 Å². The standard InChI is InChI=1S/C26H31NO8/c1-15-23(27(25(15)29)17-12-20(31-6)24(33-8)21(13-17)32-7)16-9-10-18(30-5)19(11-16)34-14-22(28)35-26(2,3)4/h9-13,23H,1,14H2,2-8H3/t23-/m1/s1. The lowest BCUT2D eigenvalue weighted by Gasteiger charge is -2.42. The highest BCUT2D eigenvalue weighted by atomic mass is 16.6. The number of carbonyl (C=O) groups is 2. The van der Waals surface area contributed by atoms with Gasteiger partial charge >= 0.3 is 5.97 Å². The average molecular weight is 486 g/mol. The number of nitrogens with zero attached hydrogens (tertiary/aromatic N) is 1. The van der Waals surface area contributed by atoms with Gasteiger partial charge in [0.25, 0.3) is 5.91 Å². The third kappa shape index (κ3) is 5.29. The number of carbonyl (C=O) groups excluding carboxylic acids is 2. The number of hydrogen-bond acceptors (Lipinski definition) is 8. The highest BCUT2D eigenvalue weighted by Crippen LogP contribution is 2.48. The summed E-state index contributed by atoms with van der Waals surface area (Å²) in [4.78, 5) is 26.6. The van der Waals surface area contributed by atoms with E-state index < -0.39 is 17.6 Å². The van der Waals surface area contributed by atoms with Crippen molar-refractivity contribution in [3.63, 3.8) is 0 Å². The van der Waals surface area contributed by atoms with E-state index in [1.165, 1.54) is 28.4 Å². The highest BCUT2D eigenvalue weighted by Gasteiger charge is 2.43. The first-order valence-electron chi connectivity index (χ1n) is 10.9. The van der Waals surface area contributed by atoms with Crippen molar-refractivity contribution in [3.05, 3.63) is 48.0 Å². The molecular weight excluding hydrogens is 454 g/mol. The molecule has 0 unspecified atom stereocenters. The van der Waals surface area contributed by atoms with E-state index in [1.54, 1.807) is 49.9 Å². The summed E-state index contributed by atoms with van der Waals surface area (Å²) in [6.07, 6.45) is 0.